The number of nitrogens with two attached hydrogens (primary N) is 2. The quantitative estimate of drug-likeness (QED) is 0.415. The van der Waals surface area contributed by atoms with Crippen LogP contribution in [0.4, 0.5) is 4.39 Å². The molecule has 1 amide bonds. The molecule has 1 aromatic heterocycles. The monoisotopic (exact) mass is 456 g/mol. The third kappa shape index (κ3) is 5.64. The van der Waals surface area contributed by atoms with Crippen LogP contribution in [0.15, 0.2) is 42.5 Å². The maximum atomic E-state index is 13.4. The molecule has 0 spiro atoms. The number of rotatable bonds is 8. The van der Waals surface area contributed by atoms with Crippen LogP contribution in [0.1, 0.15) is 23.3 Å². The number of aromatic amines is 1. The Morgan fingerprint density at radius 1 is 1.20 bits per heavy atom. The first-order valence-electron chi connectivity index (χ1n) is 9.23. The van der Waals surface area contributed by atoms with E-state index in [1.807, 2.05) is 18.2 Å². The zero-order valence-electron chi connectivity index (χ0n) is 16.6. The Hall–Kier alpha value is -2.32. The number of carbonyl (C=O) groups excluding carboxylic acids is 1. The third-order valence-corrected chi connectivity index (χ3v) is 4.68. The summed E-state index contributed by atoms with van der Waals surface area (Å²) in [5.74, 6) is 0.0124. The molecule has 1 unspecified atom stereocenters. The Labute approximate surface area is 187 Å². The van der Waals surface area contributed by atoms with Crippen LogP contribution in [0.3, 0.4) is 0 Å². The van der Waals surface area contributed by atoms with E-state index in [2.05, 4.69) is 10.3 Å². The van der Waals surface area contributed by atoms with Gasteiger partial charge in [0, 0.05) is 23.5 Å². The van der Waals surface area contributed by atoms with Crippen LogP contribution in [0.2, 0.25) is 0 Å². The Bertz CT molecular complexity index is 964. The summed E-state index contributed by atoms with van der Waals surface area (Å²) >= 11 is 0. The highest BCUT2D eigenvalue weighted by Crippen LogP contribution is 2.36. The molecule has 1 atom stereocenters. The number of benzene rings is 2. The lowest BCUT2D eigenvalue weighted by atomic mass is 10.0. The molecule has 3 aromatic rings. The third-order valence-electron chi connectivity index (χ3n) is 4.68. The number of amides is 1. The van der Waals surface area contributed by atoms with Crippen LogP contribution in [-0.4, -0.2) is 37.1 Å². The average Bonchev–Trinajstić information content (AvgIpc) is 3.10. The number of hydrogen-bond acceptors (Lipinski definition) is 4. The Kier molecular flexibility index (Phi) is 10.1. The molecule has 3 rings (SSSR count). The molecule has 6 nitrogen and oxygen atoms in total. The second kappa shape index (κ2) is 11.8. The van der Waals surface area contributed by atoms with Gasteiger partial charge in [-0.1, -0.05) is 24.3 Å². The molecule has 1 heterocycles. The number of hydrogen-bond donors (Lipinski definition) is 4. The molecule has 0 aliphatic heterocycles. The van der Waals surface area contributed by atoms with Crippen LogP contribution in [0, 0.1) is 5.82 Å². The van der Waals surface area contributed by atoms with Crippen molar-refractivity contribution < 1.29 is 13.9 Å². The van der Waals surface area contributed by atoms with Gasteiger partial charge in [0.2, 0.25) is 0 Å². The molecule has 2 aromatic carbocycles. The van der Waals surface area contributed by atoms with Gasteiger partial charge < -0.3 is 26.5 Å². The summed E-state index contributed by atoms with van der Waals surface area (Å²) in [6, 6.07) is 11.5. The van der Waals surface area contributed by atoms with Crippen LogP contribution >= 0.6 is 24.8 Å². The number of ether oxygens (including phenoxy) is 1. The van der Waals surface area contributed by atoms with E-state index in [0.29, 0.717) is 35.6 Å². The van der Waals surface area contributed by atoms with Gasteiger partial charge in [-0.05, 0) is 43.1 Å². The van der Waals surface area contributed by atoms with Crippen molar-refractivity contribution in [2.45, 2.75) is 18.9 Å². The van der Waals surface area contributed by atoms with Gasteiger partial charge >= 0.3 is 0 Å². The number of fused-ring (bicyclic) bond motifs is 1. The van der Waals surface area contributed by atoms with E-state index in [1.54, 1.807) is 19.2 Å². The van der Waals surface area contributed by atoms with E-state index in [9.17, 15) is 9.18 Å². The first-order chi connectivity index (χ1) is 13.5. The van der Waals surface area contributed by atoms with Gasteiger partial charge in [-0.3, -0.25) is 4.79 Å². The standard InChI is InChI=1S/C21H25FN4O2.2ClH/c1-28-17-6-2-5-16-18(13-7-9-14(22)10-8-13)20(26-19(16)17)21(27)25-12-15(24)4-3-11-23;;/h2,5-10,15,26H,3-4,11-12,23-24H2,1H3,(H,25,27);2*1H. The van der Waals surface area contributed by atoms with Gasteiger partial charge in [0.25, 0.3) is 5.91 Å². The second-order valence-electron chi connectivity index (χ2n) is 6.67. The SMILES string of the molecule is COc1cccc2c(-c3ccc(F)cc3)c(C(=O)NCC(N)CCCN)[nH]c12.Cl.Cl. The lowest BCUT2D eigenvalue weighted by Gasteiger charge is -2.12. The molecule has 6 N–H and O–H groups in total. The zero-order chi connectivity index (χ0) is 20.1. The molecule has 0 saturated carbocycles. The Balaban J connectivity index is 0.00000225. The minimum atomic E-state index is -0.335. The number of para-hydroxylation sites is 1. The smallest absolute Gasteiger partial charge is 0.268 e. The van der Waals surface area contributed by atoms with Crippen molar-refractivity contribution in [1.29, 1.82) is 0 Å². The van der Waals surface area contributed by atoms with E-state index < -0.39 is 0 Å². The highest BCUT2D eigenvalue weighted by molar-refractivity contribution is 6.10. The van der Waals surface area contributed by atoms with Gasteiger partial charge in [-0.2, -0.15) is 0 Å². The van der Waals surface area contributed by atoms with Gasteiger partial charge in [0.05, 0.1) is 12.6 Å². The largest absolute Gasteiger partial charge is 0.495 e. The zero-order valence-corrected chi connectivity index (χ0v) is 18.2. The minimum absolute atomic E-state index is 0. The van der Waals surface area contributed by atoms with Crippen molar-refractivity contribution in [2.24, 2.45) is 11.5 Å². The van der Waals surface area contributed by atoms with Gasteiger partial charge in [-0.15, -0.1) is 24.8 Å². The second-order valence-corrected chi connectivity index (χ2v) is 6.67. The summed E-state index contributed by atoms with van der Waals surface area (Å²) in [6.45, 7) is 0.909. The molecule has 0 aliphatic carbocycles. The molecular formula is C21H27Cl2FN4O2. The fourth-order valence-corrected chi connectivity index (χ4v) is 3.24. The van der Waals surface area contributed by atoms with Crippen LogP contribution < -0.4 is 21.5 Å². The summed E-state index contributed by atoms with van der Waals surface area (Å²) in [5, 5.41) is 3.70. The summed E-state index contributed by atoms with van der Waals surface area (Å²) in [7, 11) is 1.57. The highest BCUT2D eigenvalue weighted by atomic mass is 35.5. The average molecular weight is 457 g/mol. The fraction of sp³-hybridized carbons (Fsp3) is 0.286. The summed E-state index contributed by atoms with van der Waals surface area (Å²) in [6.07, 6.45) is 1.55. The van der Waals surface area contributed by atoms with Gasteiger partial charge in [0.1, 0.15) is 17.3 Å². The molecule has 0 bridgehead atoms. The molecular weight excluding hydrogens is 430 g/mol. The first-order valence-corrected chi connectivity index (χ1v) is 9.23. The van der Waals surface area contributed by atoms with E-state index in [0.717, 1.165) is 23.8 Å². The van der Waals surface area contributed by atoms with E-state index >= 15 is 0 Å². The number of H-pyrrole nitrogens is 1. The van der Waals surface area contributed by atoms with Crippen molar-refractivity contribution in [3.05, 3.63) is 54.0 Å². The Morgan fingerprint density at radius 3 is 2.53 bits per heavy atom. The predicted molar refractivity (Wildman–Crippen MR) is 123 cm³/mol. The summed E-state index contributed by atoms with van der Waals surface area (Å²) in [5.41, 5.74) is 14.1. The summed E-state index contributed by atoms with van der Waals surface area (Å²) in [4.78, 5) is 16.1. The predicted octanol–water partition coefficient (Wildman–Crippen LogP) is 3.62. The molecule has 0 fully saturated rings. The highest BCUT2D eigenvalue weighted by Gasteiger charge is 2.21. The molecule has 0 radical (unpaired) electrons. The van der Waals surface area contributed by atoms with Gasteiger partial charge in [0.15, 0.2) is 0 Å². The first kappa shape index (κ1) is 25.7. The minimum Gasteiger partial charge on any atom is -0.495 e. The lowest BCUT2D eigenvalue weighted by Crippen LogP contribution is -2.37. The maximum absolute atomic E-state index is 13.4. The number of halogens is 3. The molecule has 164 valence electrons. The molecule has 9 heteroatoms. The normalized spacial score (nSPS) is 11.3. The number of methoxy groups -OCH3 is 1. The fourth-order valence-electron chi connectivity index (χ4n) is 3.24. The van der Waals surface area contributed by atoms with Gasteiger partial charge in [-0.25, -0.2) is 4.39 Å². The van der Waals surface area contributed by atoms with E-state index in [4.69, 9.17) is 16.2 Å². The van der Waals surface area contributed by atoms with Crippen LogP contribution in [-0.2, 0) is 0 Å². The lowest BCUT2D eigenvalue weighted by molar-refractivity contribution is 0.0947. The topological polar surface area (TPSA) is 106 Å². The molecule has 0 saturated heterocycles. The van der Waals surface area contributed by atoms with Crippen molar-refractivity contribution in [3.63, 3.8) is 0 Å². The van der Waals surface area contributed by atoms with Crippen LogP contribution in [0.25, 0.3) is 22.0 Å². The van der Waals surface area contributed by atoms with Crippen molar-refractivity contribution >= 4 is 41.6 Å². The Morgan fingerprint density at radius 2 is 1.90 bits per heavy atom. The number of carbonyl (C=O) groups is 1. The van der Waals surface area contributed by atoms with Crippen molar-refractivity contribution in [1.82, 2.24) is 10.3 Å². The number of nitrogens with one attached hydrogen (secondary N) is 2. The van der Waals surface area contributed by atoms with Crippen molar-refractivity contribution in [2.75, 3.05) is 20.2 Å². The van der Waals surface area contributed by atoms with Crippen LogP contribution in [0.5, 0.6) is 5.75 Å². The van der Waals surface area contributed by atoms with E-state index in [-0.39, 0.29) is 42.6 Å². The van der Waals surface area contributed by atoms with Crippen molar-refractivity contribution in [3.8, 4) is 16.9 Å². The summed E-state index contributed by atoms with van der Waals surface area (Å²) < 4.78 is 18.8. The molecule has 0 aliphatic rings. The molecule has 30 heavy (non-hydrogen) atoms. The maximum Gasteiger partial charge on any atom is 0.268 e. The van der Waals surface area contributed by atoms with E-state index in [1.165, 1.54) is 12.1 Å². The number of aromatic nitrogens is 1.